The number of nitro benzene ring substituents is 1. The highest BCUT2D eigenvalue weighted by Gasteiger charge is 2.26. The lowest BCUT2D eigenvalue weighted by Crippen LogP contribution is -2.35. The van der Waals surface area contributed by atoms with E-state index in [-0.39, 0.29) is 4.92 Å². The van der Waals surface area contributed by atoms with Crippen LogP contribution in [0.4, 0.5) is 5.69 Å². The molecular formula is C26H32N2O2. The Balaban J connectivity index is 1.46. The van der Waals surface area contributed by atoms with Crippen molar-refractivity contribution in [1.29, 1.82) is 0 Å². The van der Waals surface area contributed by atoms with Gasteiger partial charge in [-0.25, -0.2) is 0 Å². The van der Waals surface area contributed by atoms with E-state index in [2.05, 4.69) is 53.9 Å². The second kappa shape index (κ2) is 10.0. The van der Waals surface area contributed by atoms with E-state index in [9.17, 15) is 10.1 Å². The standard InChI is InChI=1S/C26H32N2O2/c29-28(30)26-18-20(14-15-25(26)22-11-5-2-6-12-22)8-7-13-23-19-27-17-16-24(23)21-9-3-1-4-10-21/h1,3-4,7-10,14-15,18,22-24,27H,2,5-6,11-13,16-17,19H2/t23-,24+/m1/s1. The number of allylic oxidation sites excluding steroid dienone is 1. The minimum atomic E-state index is -0.197. The molecule has 1 aliphatic carbocycles. The van der Waals surface area contributed by atoms with Gasteiger partial charge in [-0.15, -0.1) is 0 Å². The molecule has 2 atom stereocenters. The summed E-state index contributed by atoms with van der Waals surface area (Å²) in [6, 6.07) is 16.6. The first kappa shape index (κ1) is 20.8. The summed E-state index contributed by atoms with van der Waals surface area (Å²) in [5.41, 5.74) is 3.58. The molecular weight excluding hydrogens is 372 g/mol. The molecule has 30 heavy (non-hydrogen) atoms. The minimum Gasteiger partial charge on any atom is -0.316 e. The number of nitro groups is 1. The molecule has 0 radical (unpaired) electrons. The van der Waals surface area contributed by atoms with E-state index in [1.807, 2.05) is 6.07 Å². The van der Waals surface area contributed by atoms with E-state index >= 15 is 0 Å². The summed E-state index contributed by atoms with van der Waals surface area (Å²) >= 11 is 0. The molecule has 1 saturated heterocycles. The lowest BCUT2D eigenvalue weighted by Gasteiger charge is -2.32. The van der Waals surface area contributed by atoms with Crippen LogP contribution < -0.4 is 5.32 Å². The Hall–Kier alpha value is -2.46. The number of nitrogens with zero attached hydrogens (tertiary/aromatic N) is 1. The van der Waals surface area contributed by atoms with Gasteiger partial charge in [-0.2, -0.15) is 0 Å². The Kier molecular flexibility index (Phi) is 6.96. The molecule has 1 N–H and O–H groups in total. The van der Waals surface area contributed by atoms with Gasteiger partial charge < -0.3 is 5.32 Å². The van der Waals surface area contributed by atoms with Crippen molar-refractivity contribution in [3.8, 4) is 0 Å². The van der Waals surface area contributed by atoms with Gasteiger partial charge in [0.25, 0.3) is 5.69 Å². The lowest BCUT2D eigenvalue weighted by atomic mass is 9.79. The fourth-order valence-electron chi connectivity index (χ4n) is 5.27. The first-order chi connectivity index (χ1) is 14.7. The third-order valence-corrected chi connectivity index (χ3v) is 6.88. The van der Waals surface area contributed by atoms with E-state index in [0.717, 1.165) is 49.9 Å². The van der Waals surface area contributed by atoms with Crippen molar-refractivity contribution in [1.82, 2.24) is 5.32 Å². The maximum atomic E-state index is 11.7. The number of rotatable bonds is 6. The molecule has 0 unspecified atom stereocenters. The summed E-state index contributed by atoms with van der Waals surface area (Å²) in [5, 5.41) is 15.2. The van der Waals surface area contributed by atoms with Gasteiger partial charge in [0.1, 0.15) is 0 Å². The number of hydrogen-bond acceptors (Lipinski definition) is 3. The quantitative estimate of drug-likeness (QED) is 0.445. The first-order valence-electron chi connectivity index (χ1n) is 11.4. The first-order valence-corrected chi connectivity index (χ1v) is 11.4. The van der Waals surface area contributed by atoms with Crippen LogP contribution in [0.5, 0.6) is 0 Å². The molecule has 1 saturated carbocycles. The normalized spacial score (nSPS) is 22.9. The van der Waals surface area contributed by atoms with Crippen LogP contribution in [-0.4, -0.2) is 18.0 Å². The van der Waals surface area contributed by atoms with E-state index in [1.165, 1.54) is 24.8 Å². The van der Waals surface area contributed by atoms with Crippen LogP contribution in [0.25, 0.3) is 6.08 Å². The predicted octanol–water partition coefficient (Wildman–Crippen LogP) is 6.44. The highest BCUT2D eigenvalue weighted by atomic mass is 16.6. The van der Waals surface area contributed by atoms with Crippen molar-refractivity contribution >= 4 is 11.8 Å². The highest BCUT2D eigenvalue weighted by molar-refractivity contribution is 5.57. The summed E-state index contributed by atoms with van der Waals surface area (Å²) in [4.78, 5) is 11.5. The molecule has 2 fully saturated rings. The van der Waals surface area contributed by atoms with Crippen LogP contribution >= 0.6 is 0 Å². The molecule has 1 aliphatic heterocycles. The second-order valence-corrected chi connectivity index (χ2v) is 8.82. The third kappa shape index (κ3) is 4.99. The minimum absolute atomic E-state index is 0.197. The fourth-order valence-corrected chi connectivity index (χ4v) is 5.27. The molecule has 4 heteroatoms. The maximum Gasteiger partial charge on any atom is 0.273 e. The van der Waals surface area contributed by atoms with Crippen LogP contribution in [0, 0.1) is 16.0 Å². The van der Waals surface area contributed by atoms with Gasteiger partial charge in [0.15, 0.2) is 0 Å². The molecule has 0 spiro atoms. The zero-order valence-corrected chi connectivity index (χ0v) is 17.6. The fraction of sp³-hybridized carbons (Fsp3) is 0.462. The summed E-state index contributed by atoms with van der Waals surface area (Å²) < 4.78 is 0. The lowest BCUT2D eigenvalue weighted by molar-refractivity contribution is -0.385. The molecule has 0 aromatic heterocycles. The van der Waals surface area contributed by atoms with Gasteiger partial charge in [0, 0.05) is 11.6 Å². The Labute approximate surface area is 179 Å². The summed E-state index contributed by atoms with van der Waals surface area (Å²) in [7, 11) is 0. The Morgan fingerprint density at radius 2 is 1.83 bits per heavy atom. The maximum absolute atomic E-state index is 11.7. The van der Waals surface area contributed by atoms with Crippen LogP contribution in [0.1, 0.15) is 73.5 Å². The van der Waals surface area contributed by atoms with Gasteiger partial charge in [-0.05, 0) is 67.7 Å². The predicted molar refractivity (Wildman–Crippen MR) is 123 cm³/mol. The van der Waals surface area contributed by atoms with E-state index in [0.29, 0.717) is 23.4 Å². The molecule has 4 nitrogen and oxygen atoms in total. The number of piperidine rings is 1. The largest absolute Gasteiger partial charge is 0.316 e. The monoisotopic (exact) mass is 404 g/mol. The third-order valence-electron chi connectivity index (χ3n) is 6.88. The molecule has 0 amide bonds. The molecule has 2 aliphatic rings. The molecule has 1 heterocycles. The van der Waals surface area contributed by atoms with Crippen molar-refractivity contribution in [2.45, 2.75) is 56.8 Å². The van der Waals surface area contributed by atoms with Gasteiger partial charge in [-0.1, -0.05) is 73.9 Å². The SMILES string of the molecule is O=[N+]([O-])c1cc(C=CC[C@@H]2CNCC[C@H]2c2ccccc2)ccc1C1CCCCC1. The van der Waals surface area contributed by atoms with Gasteiger partial charge in [0.2, 0.25) is 0 Å². The van der Waals surface area contributed by atoms with Crippen LogP contribution in [0.15, 0.2) is 54.6 Å². The molecule has 4 rings (SSSR count). The van der Waals surface area contributed by atoms with E-state index in [1.54, 1.807) is 6.07 Å². The zero-order valence-electron chi connectivity index (χ0n) is 17.6. The van der Waals surface area contributed by atoms with E-state index < -0.39 is 0 Å². The van der Waals surface area contributed by atoms with Crippen molar-refractivity contribution in [2.24, 2.45) is 5.92 Å². The molecule has 2 aromatic rings. The average molecular weight is 405 g/mol. The van der Waals surface area contributed by atoms with Gasteiger partial charge in [0.05, 0.1) is 4.92 Å². The summed E-state index contributed by atoms with van der Waals surface area (Å²) in [6.45, 7) is 2.08. The summed E-state index contributed by atoms with van der Waals surface area (Å²) in [5.74, 6) is 1.46. The number of nitrogens with one attached hydrogen (secondary N) is 1. The Morgan fingerprint density at radius 1 is 1.03 bits per heavy atom. The summed E-state index contributed by atoms with van der Waals surface area (Å²) in [6.07, 6.45) is 12.2. The van der Waals surface area contributed by atoms with E-state index in [4.69, 9.17) is 0 Å². The van der Waals surface area contributed by atoms with Crippen LogP contribution in [-0.2, 0) is 0 Å². The van der Waals surface area contributed by atoms with Crippen molar-refractivity contribution in [3.63, 3.8) is 0 Å². The average Bonchev–Trinajstić information content (AvgIpc) is 2.80. The second-order valence-electron chi connectivity index (χ2n) is 8.82. The Morgan fingerprint density at radius 3 is 2.60 bits per heavy atom. The molecule has 0 bridgehead atoms. The smallest absolute Gasteiger partial charge is 0.273 e. The van der Waals surface area contributed by atoms with Crippen molar-refractivity contribution in [3.05, 3.63) is 81.4 Å². The highest BCUT2D eigenvalue weighted by Crippen LogP contribution is 2.38. The topological polar surface area (TPSA) is 55.2 Å². The number of benzene rings is 2. The van der Waals surface area contributed by atoms with Crippen LogP contribution in [0.3, 0.4) is 0 Å². The van der Waals surface area contributed by atoms with Crippen molar-refractivity contribution < 1.29 is 4.92 Å². The number of hydrogen-bond donors (Lipinski definition) is 1. The molecule has 158 valence electrons. The Bertz CT molecular complexity index is 872. The molecule has 2 aromatic carbocycles. The van der Waals surface area contributed by atoms with Gasteiger partial charge in [-0.3, -0.25) is 10.1 Å². The van der Waals surface area contributed by atoms with Gasteiger partial charge >= 0.3 is 0 Å². The zero-order chi connectivity index (χ0) is 20.8. The van der Waals surface area contributed by atoms with Crippen molar-refractivity contribution in [2.75, 3.05) is 13.1 Å². The van der Waals surface area contributed by atoms with Crippen LogP contribution in [0.2, 0.25) is 0 Å².